The van der Waals surface area contributed by atoms with Crippen molar-refractivity contribution in [3.05, 3.63) is 89.6 Å². The molecular weight excluding hydrogens is 369 g/mol. The first-order valence-corrected chi connectivity index (χ1v) is 9.81. The van der Waals surface area contributed by atoms with E-state index in [-0.39, 0.29) is 22.8 Å². The molecule has 1 unspecified atom stereocenters. The summed E-state index contributed by atoms with van der Waals surface area (Å²) in [5.41, 5.74) is 0.778. The molecule has 1 amide bonds. The Balaban J connectivity index is 1.88. The third kappa shape index (κ3) is 4.09. The van der Waals surface area contributed by atoms with Gasteiger partial charge in [0.2, 0.25) is 0 Å². The van der Waals surface area contributed by atoms with E-state index in [4.69, 9.17) is 4.42 Å². The van der Waals surface area contributed by atoms with E-state index in [2.05, 4.69) is 5.32 Å². The molecule has 7 heteroatoms. The van der Waals surface area contributed by atoms with Gasteiger partial charge in [0.1, 0.15) is 16.8 Å². The zero-order chi connectivity index (χ0) is 19.4. The number of halogens is 1. The molecule has 0 spiro atoms. The van der Waals surface area contributed by atoms with Crippen LogP contribution >= 0.6 is 0 Å². The molecule has 0 aliphatic heterocycles. The van der Waals surface area contributed by atoms with Crippen molar-refractivity contribution in [2.75, 3.05) is 6.54 Å². The fourth-order valence-corrected chi connectivity index (χ4v) is 4.24. The Morgan fingerprint density at radius 1 is 1.07 bits per heavy atom. The second-order valence-corrected chi connectivity index (χ2v) is 8.18. The molecular formula is C20H18FNO4S. The van der Waals surface area contributed by atoms with Crippen LogP contribution in [0.2, 0.25) is 0 Å². The Labute approximate surface area is 156 Å². The van der Waals surface area contributed by atoms with Gasteiger partial charge in [0.15, 0.2) is 9.84 Å². The molecule has 27 heavy (non-hydrogen) atoms. The molecule has 1 heterocycles. The minimum atomic E-state index is -3.83. The van der Waals surface area contributed by atoms with Crippen molar-refractivity contribution in [3.63, 3.8) is 0 Å². The summed E-state index contributed by atoms with van der Waals surface area (Å²) in [5.74, 6) is -1.17. The lowest BCUT2D eigenvalue weighted by atomic mass is 10.2. The molecule has 3 rings (SSSR count). The number of hydrogen-bond acceptors (Lipinski definition) is 4. The Morgan fingerprint density at radius 2 is 1.78 bits per heavy atom. The van der Waals surface area contributed by atoms with Gasteiger partial charge in [0, 0.05) is 6.54 Å². The van der Waals surface area contributed by atoms with E-state index in [9.17, 15) is 17.6 Å². The molecule has 1 N–H and O–H groups in total. The van der Waals surface area contributed by atoms with Crippen LogP contribution in [-0.4, -0.2) is 20.9 Å². The van der Waals surface area contributed by atoms with Crippen LogP contribution in [0.5, 0.6) is 0 Å². The summed E-state index contributed by atoms with van der Waals surface area (Å²) < 4.78 is 45.2. The second kappa shape index (κ2) is 7.75. The molecule has 0 aliphatic rings. The molecule has 0 aliphatic carbocycles. The van der Waals surface area contributed by atoms with Gasteiger partial charge < -0.3 is 9.73 Å². The van der Waals surface area contributed by atoms with Crippen LogP contribution in [0.15, 0.2) is 76.2 Å². The van der Waals surface area contributed by atoms with Crippen molar-refractivity contribution >= 4 is 15.7 Å². The highest BCUT2D eigenvalue weighted by molar-refractivity contribution is 7.91. The second-order valence-electron chi connectivity index (χ2n) is 6.05. The van der Waals surface area contributed by atoms with Gasteiger partial charge in [0.25, 0.3) is 5.91 Å². The Hall–Kier alpha value is -2.93. The molecule has 5 nitrogen and oxygen atoms in total. The number of carbonyl (C=O) groups excluding carboxylic acids is 1. The van der Waals surface area contributed by atoms with E-state index in [1.165, 1.54) is 48.7 Å². The number of benzene rings is 2. The van der Waals surface area contributed by atoms with Gasteiger partial charge in [0.05, 0.1) is 16.7 Å². The predicted octanol–water partition coefficient (Wildman–Crippen LogP) is 3.67. The van der Waals surface area contributed by atoms with Gasteiger partial charge in [-0.15, -0.1) is 0 Å². The number of furan rings is 1. The minimum Gasteiger partial charge on any atom is -0.468 e. The van der Waals surface area contributed by atoms with Crippen molar-refractivity contribution in [1.29, 1.82) is 0 Å². The number of rotatable bonds is 6. The van der Waals surface area contributed by atoms with E-state index < -0.39 is 26.8 Å². The summed E-state index contributed by atoms with van der Waals surface area (Å²) in [5, 5.41) is 1.36. The molecule has 140 valence electrons. The van der Waals surface area contributed by atoms with Gasteiger partial charge >= 0.3 is 0 Å². The van der Waals surface area contributed by atoms with Crippen molar-refractivity contribution in [3.8, 4) is 0 Å². The van der Waals surface area contributed by atoms with Crippen LogP contribution in [0.4, 0.5) is 4.39 Å². The Bertz CT molecular complexity index is 1030. The summed E-state index contributed by atoms with van der Waals surface area (Å²) in [4.78, 5) is 12.4. The maximum absolute atomic E-state index is 13.8. The first kappa shape index (κ1) is 18.8. The monoisotopic (exact) mass is 387 g/mol. The third-order valence-corrected chi connectivity index (χ3v) is 6.23. The largest absolute Gasteiger partial charge is 0.468 e. The lowest BCUT2D eigenvalue weighted by Crippen LogP contribution is -2.32. The van der Waals surface area contributed by atoms with Crippen LogP contribution in [0.1, 0.15) is 26.9 Å². The zero-order valence-corrected chi connectivity index (χ0v) is 15.4. The number of amides is 1. The van der Waals surface area contributed by atoms with Gasteiger partial charge in [-0.2, -0.15) is 0 Å². The van der Waals surface area contributed by atoms with E-state index in [1.807, 2.05) is 6.92 Å². The SMILES string of the molecule is Cc1ccc(S(=O)(=O)C(CNC(=O)c2ccccc2F)c2ccco2)cc1. The maximum atomic E-state index is 13.8. The minimum absolute atomic E-state index is 0.120. The number of nitrogens with one attached hydrogen (secondary N) is 1. The fourth-order valence-electron chi connectivity index (χ4n) is 2.66. The summed E-state index contributed by atoms with van der Waals surface area (Å²) in [6.45, 7) is 1.60. The highest BCUT2D eigenvalue weighted by Crippen LogP contribution is 2.29. The molecule has 0 radical (unpaired) electrons. The van der Waals surface area contributed by atoms with Crippen molar-refractivity contribution in [2.24, 2.45) is 0 Å². The predicted molar refractivity (Wildman–Crippen MR) is 98.5 cm³/mol. The van der Waals surface area contributed by atoms with Gasteiger partial charge in [-0.1, -0.05) is 29.8 Å². The third-order valence-electron chi connectivity index (χ3n) is 4.15. The first-order valence-electron chi connectivity index (χ1n) is 8.26. The standard InChI is InChI=1S/C20H18FNO4S/c1-14-8-10-15(11-9-14)27(24,25)19(18-7-4-12-26-18)13-22-20(23)16-5-2-3-6-17(16)21/h2-12,19H,13H2,1H3,(H,22,23). The summed E-state index contributed by atoms with van der Waals surface area (Å²) in [6, 6.07) is 15.0. The van der Waals surface area contributed by atoms with E-state index in [0.29, 0.717) is 0 Å². The highest BCUT2D eigenvalue weighted by atomic mass is 32.2. The zero-order valence-electron chi connectivity index (χ0n) is 14.6. The Morgan fingerprint density at radius 3 is 2.41 bits per heavy atom. The molecule has 2 aromatic carbocycles. The topological polar surface area (TPSA) is 76.4 Å². The van der Waals surface area contributed by atoms with Crippen LogP contribution in [0.25, 0.3) is 0 Å². The van der Waals surface area contributed by atoms with E-state index >= 15 is 0 Å². The maximum Gasteiger partial charge on any atom is 0.254 e. The van der Waals surface area contributed by atoms with Crippen LogP contribution in [0.3, 0.4) is 0 Å². The fraction of sp³-hybridized carbons (Fsp3) is 0.150. The summed E-state index contributed by atoms with van der Waals surface area (Å²) >= 11 is 0. The highest BCUT2D eigenvalue weighted by Gasteiger charge is 2.32. The average molecular weight is 387 g/mol. The van der Waals surface area contributed by atoms with E-state index in [1.54, 1.807) is 18.2 Å². The van der Waals surface area contributed by atoms with Crippen molar-refractivity contribution < 1.29 is 22.0 Å². The number of aryl methyl sites for hydroxylation is 1. The molecule has 0 fully saturated rings. The van der Waals surface area contributed by atoms with Gasteiger partial charge in [-0.05, 0) is 43.3 Å². The lowest BCUT2D eigenvalue weighted by Gasteiger charge is -2.17. The van der Waals surface area contributed by atoms with E-state index in [0.717, 1.165) is 5.56 Å². The van der Waals surface area contributed by atoms with Crippen LogP contribution < -0.4 is 5.32 Å². The van der Waals surface area contributed by atoms with Crippen LogP contribution in [0, 0.1) is 12.7 Å². The number of carbonyl (C=O) groups is 1. The molecule has 0 bridgehead atoms. The average Bonchev–Trinajstić information content (AvgIpc) is 3.16. The molecule has 0 saturated heterocycles. The summed E-state index contributed by atoms with van der Waals surface area (Å²) in [7, 11) is -3.83. The van der Waals surface area contributed by atoms with Crippen molar-refractivity contribution in [1.82, 2.24) is 5.32 Å². The van der Waals surface area contributed by atoms with Gasteiger partial charge in [-0.3, -0.25) is 4.79 Å². The Kier molecular flexibility index (Phi) is 5.41. The molecule has 1 aromatic heterocycles. The number of hydrogen-bond donors (Lipinski definition) is 1. The van der Waals surface area contributed by atoms with Crippen molar-refractivity contribution in [2.45, 2.75) is 17.1 Å². The number of sulfone groups is 1. The molecule has 0 saturated carbocycles. The smallest absolute Gasteiger partial charge is 0.254 e. The van der Waals surface area contributed by atoms with Gasteiger partial charge in [-0.25, -0.2) is 12.8 Å². The molecule has 3 aromatic rings. The summed E-state index contributed by atoms with van der Waals surface area (Å²) in [6.07, 6.45) is 1.37. The molecule has 1 atom stereocenters. The lowest BCUT2D eigenvalue weighted by molar-refractivity contribution is 0.0949. The quantitative estimate of drug-likeness (QED) is 0.700. The normalized spacial score (nSPS) is 12.5. The van der Waals surface area contributed by atoms with Crippen LogP contribution in [-0.2, 0) is 9.84 Å². The first-order chi connectivity index (χ1) is 12.9.